The lowest BCUT2D eigenvalue weighted by Gasteiger charge is -2.55. The van der Waals surface area contributed by atoms with Crippen LogP contribution < -0.4 is 9.64 Å². The lowest BCUT2D eigenvalue weighted by molar-refractivity contribution is -0.131. The summed E-state index contributed by atoms with van der Waals surface area (Å²) in [4.78, 5) is 32.3. The largest absolute Gasteiger partial charge is 0.497 e. The third-order valence-electron chi connectivity index (χ3n) is 10.3. The molecular weight excluding hydrogens is 508 g/mol. The number of methoxy groups -OCH3 is 1. The van der Waals surface area contributed by atoms with Crippen LogP contribution in [0.5, 0.6) is 5.75 Å². The molecule has 39 heavy (non-hydrogen) atoms. The minimum Gasteiger partial charge on any atom is -0.497 e. The SMILES string of the molecule is C/C=C1\C(=O)N2CC[C@@]34c5cc(OC)ccc5N(C(=O)OC(C)(C)C)[C@@]23CC[C@@H]1[C@H]4CO[Si](C)(C)C(C)(C)C. The summed E-state index contributed by atoms with van der Waals surface area (Å²) in [6.45, 7) is 20.1. The van der Waals surface area contributed by atoms with Crippen LogP contribution in [-0.4, -0.2) is 56.7 Å². The van der Waals surface area contributed by atoms with E-state index in [0.29, 0.717) is 19.6 Å². The van der Waals surface area contributed by atoms with Crippen molar-refractivity contribution in [3.8, 4) is 5.75 Å². The van der Waals surface area contributed by atoms with Crippen molar-refractivity contribution in [3.05, 3.63) is 35.4 Å². The summed E-state index contributed by atoms with van der Waals surface area (Å²) in [6, 6.07) is 5.99. The predicted octanol–water partition coefficient (Wildman–Crippen LogP) is 6.62. The van der Waals surface area contributed by atoms with E-state index in [1.54, 1.807) is 7.11 Å². The fraction of sp³-hybridized carbons (Fsp3) is 0.677. The maximum Gasteiger partial charge on any atom is 0.416 e. The number of rotatable bonds is 4. The summed E-state index contributed by atoms with van der Waals surface area (Å²) in [5.74, 6) is 0.888. The van der Waals surface area contributed by atoms with Crippen LogP contribution in [0.1, 0.15) is 73.3 Å². The Kier molecular flexibility index (Phi) is 6.39. The number of hydrogen-bond acceptors (Lipinski definition) is 5. The third-order valence-corrected chi connectivity index (χ3v) is 14.8. The van der Waals surface area contributed by atoms with E-state index in [-0.39, 0.29) is 22.8 Å². The number of fused-ring (bicyclic) bond motifs is 3. The molecule has 1 spiro atoms. The van der Waals surface area contributed by atoms with Crippen molar-refractivity contribution in [1.29, 1.82) is 0 Å². The lowest BCUT2D eigenvalue weighted by atomic mass is 9.54. The van der Waals surface area contributed by atoms with Crippen LogP contribution in [0.25, 0.3) is 0 Å². The highest BCUT2D eigenvalue weighted by Gasteiger charge is 2.77. The summed E-state index contributed by atoms with van der Waals surface area (Å²) in [5.41, 5.74) is 0.759. The number of carbonyl (C=O) groups excluding carboxylic acids is 2. The van der Waals surface area contributed by atoms with Crippen molar-refractivity contribution in [2.45, 2.75) is 103 Å². The standard InChI is InChI=1S/C31H46N2O5Si/c1-11-21-22-14-15-31-30(16-17-32(31)26(21)34,24(22)19-37-39(9,10)29(5,6)7)23-18-20(36-8)12-13-25(23)33(31)27(35)38-28(2,3)4/h11-13,18,22,24H,14-17,19H2,1-10H3/b21-11-/t22-,24+,30-,31+/m0/s1. The average Bonchev–Trinajstić information content (AvgIpc) is 3.24. The maximum atomic E-state index is 14.3. The Hall–Kier alpha value is -2.32. The van der Waals surface area contributed by atoms with Crippen LogP contribution >= 0.6 is 0 Å². The Balaban J connectivity index is 1.76. The molecule has 0 radical (unpaired) electrons. The number of nitrogens with zero attached hydrogens (tertiary/aromatic N) is 2. The monoisotopic (exact) mass is 554 g/mol. The molecule has 6 rings (SSSR count). The second kappa shape index (κ2) is 8.84. The minimum absolute atomic E-state index is 0.0290. The van der Waals surface area contributed by atoms with Gasteiger partial charge in [0.25, 0.3) is 5.91 Å². The lowest BCUT2D eigenvalue weighted by Crippen LogP contribution is -2.69. The molecule has 214 valence electrons. The molecule has 0 aromatic heterocycles. The number of anilines is 1. The van der Waals surface area contributed by atoms with Crippen LogP contribution in [-0.2, 0) is 19.4 Å². The molecule has 1 aromatic rings. The summed E-state index contributed by atoms with van der Waals surface area (Å²) in [7, 11) is -0.412. The fourth-order valence-corrected chi connectivity index (χ4v) is 8.68. The van der Waals surface area contributed by atoms with Crippen molar-refractivity contribution in [3.63, 3.8) is 0 Å². The summed E-state index contributed by atoms with van der Waals surface area (Å²) < 4.78 is 18.7. The fourth-order valence-electron chi connectivity index (χ4n) is 7.66. The van der Waals surface area contributed by atoms with Gasteiger partial charge in [-0.1, -0.05) is 26.8 Å². The number of amides is 2. The Labute approximate surface area is 235 Å². The zero-order valence-electron chi connectivity index (χ0n) is 25.4. The molecule has 8 heteroatoms. The van der Waals surface area contributed by atoms with Gasteiger partial charge >= 0.3 is 6.09 Å². The molecule has 7 nitrogen and oxygen atoms in total. The molecule has 4 aliphatic heterocycles. The van der Waals surface area contributed by atoms with Crippen LogP contribution in [0.3, 0.4) is 0 Å². The first-order valence-electron chi connectivity index (χ1n) is 14.4. The normalized spacial score (nSPS) is 30.9. The van der Waals surface area contributed by atoms with Crippen molar-refractivity contribution >= 4 is 26.0 Å². The van der Waals surface area contributed by atoms with Gasteiger partial charge in [0.15, 0.2) is 8.32 Å². The van der Waals surface area contributed by atoms with E-state index in [0.717, 1.165) is 35.4 Å². The van der Waals surface area contributed by atoms with Crippen molar-refractivity contribution < 1.29 is 23.5 Å². The van der Waals surface area contributed by atoms with Crippen LogP contribution in [0, 0.1) is 11.8 Å². The van der Waals surface area contributed by atoms with E-state index in [9.17, 15) is 9.59 Å². The number of ether oxygens (including phenoxy) is 2. The van der Waals surface area contributed by atoms with Crippen LogP contribution in [0.15, 0.2) is 29.8 Å². The zero-order chi connectivity index (χ0) is 28.8. The summed E-state index contributed by atoms with van der Waals surface area (Å²) in [5, 5.41) is 0.0619. The van der Waals surface area contributed by atoms with Crippen molar-refractivity contribution in [2.75, 3.05) is 25.2 Å². The molecule has 5 aliphatic rings. The first kappa shape index (κ1) is 28.2. The average molecular weight is 555 g/mol. The molecular formula is C31H46N2O5Si. The van der Waals surface area contributed by atoms with Gasteiger partial charge in [-0.15, -0.1) is 0 Å². The summed E-state index contributed by atoms with van der Waals surface area (Å²) in [6.07, 6.45) is 3.90. The summed E-state index contributed by atoms with van der Waals surface area (Å²) >= 11 is 0. The molecule has 0 N–H and O–H groups in total. The molecule has 4 heterocycles. The van der Waals surface area contributed by atoms with E-state index in [1.165, 1.54) is 0 Å². The molecule has 4 fully saturated rings. The first-order valence-corrected chi connectivity index (χ1v) is 17.3. The molecule has 4 bridgehead atoms. The number of carbonyl (C=O) groups is 2. The highest BCUT2D eigenvalue weighted by Crippen LogP contribution is 2.70. The highest BCUT2D eigenvalue weighted by atomic mass is 28.4. The van der Waals surface area contributed by atoms with Gasteiger partial charge in [-0.05, 0) is 94.8 Å². The molecule has 3 saturated heterocycles. The van der Waals surface area contributed by atoms with Gasteiger partial charge in [-0.2, -0.15) is 0 Å². The van der Waals surface area contributed by atoms with E-state index >= 15 is 0 Å². The second-order valence-electron chi connectivity index (χ2n) is 14.3. The van der Waals surface area contributed by atoms with Gasteiger partial charge in [-0.3, -0.25) is 9.69 Å². The highest BCUT2D eigenvalue weighted by molar-refractivity contribution is 6.74. The van der Waals surface area contributed by atoms with E-state index in [2.05, 4.69) is 39.9 Å². The van der Waals surface area contributed by atoms with E-state index in [1.807, 2.05) is 55.7 Å². The third kappa shape index (κ3) is 3.76. The molecule has 1 aromatic carbocycles. The van der Waals surface area contributed by atoms with Gasteiger partial charge in [0.05, 0.1) is 12.8 Å². The number of hydrogen-bond donors (Lipinski definition) is 0. The number of allylic oxidation sites excluding steroid dienone is 1. The Morgan fingerprint density at radius 3 is 2.44 bits per heavy atom. The van der Waals surface area contributed by atoms with Gasteiger partial charge in [0.1, 0.15) is 17.0 Å². The number of benzene rings is 1. The molecule has 2 amide bonds. The van der Waals surface area contributed by atoms with Crippen LogP contribution in [0.2, 0.25) is 18.1 Å². The van der Waals surface area contributed by atoms with Crippen molar-refractivity contribution in [2.24, 2.45) is 11.8 Å². The van der Waals surface area contributed by atoms with Gasteiger partial charge < -0.3 is 18.8 Å². The minimum atomic E-state index is -2.09. The predicted molar refractivity (Wildman–Crippen MR) is 156 cm³/mol. The van der Waals surface area contributed by atoms with E-state index < -0.39 is 31.1 Å². The Morgan fingerprint density at radius 1 is 1.15 bits per heavy atom. The molecule has 1 saturated carbocycles. The van der Waals surface area contributed by atoms with E-state index in [4.69, 9.17) is 13.9 Å². The zero-order valence-corrected chi connectivity index (χ0v) is 26.4. The quantitative estimate of drug-likeness (QED) is 0.309. The molecule has 1 aliphatic carbocycles. The Morgan fingerprint density at radius 2 is 1.85 bits per heavy atom. The van der Waals surface area contributed by atoms with Crippen LogP contribution in [0.4, 0.5) is 10.5 Å². The Bertz CT molecular complexity index is 1230. The smallest absolute Gasteiger partial charge is 0.416 e. The second-order valence-corrected chi connectivity index (χ2v) is 19.1. The van der Waals surface area contributed by atoms with Gasteiger partial charge in [0.2, 0.25) is 0 Å². The maximum absolute atomic E-state index is 14.3. The first-order chi connectivity index (χ1) is 18.1. The van der Waals surface area contributed by atoms with Crippen molar-refractivity contribution in [1.82, 2.24) is 4.90 Å². The molecule has 4 atom stereocenters. The topological polar surface area (TPSA) is 68.3 Å². The molecule has 0 unspecified atom stereocenters. The van der Waals surface area contributed by atoms with Gasteiger partial charge in [0, 0.05) is 30.1 Å². The van der Waals surface area contributed by atoms with Gasteiger partial charge in [-0.25, -0.2) is 4.79 Å².